The Bertz CT molecular complexity index is 53.4. The van der Waals surface area contributed by atoms with Crippen molar-refractivity contribution in [2.75, 3.05) is 0 Å². The maximum atomic E-state index is 8.76. The summed E-state index contributed by atoms with van der Waals surface area (Å²) in [5.74, 6) is 0. The van der Waals surface area contributed by atoms with Crippen molar-refractivity contribution in [1.29, 1.82) is 0 Å². The first-order valence-corrected chi connectivity index (χ1v) is 10.4. The van der Waals surface area contributed by atoms with Crippen LogP contribution in [0.5, 0.6) is 0 Å². The van der Waals surface area contributed by atoms with Gasteiger partial charge in [0.15, 0.2) is 0 Å². The summed E-state index contributed by atoms with van der Waals surface area (Å²) in [7, 11) is 0. The van der Waals surface area contributed by atoms with E-state index in [1.165, 1.54) is 0 Å². The predicted octanol–water partition coefficient (Wildman–Crippen LogP) is 2.29. The molecule has 4 heteroatoms. The zero-order valence-corrected chi connectivity index (χ0v) is 10.4. The average molecular weight is 271 g/mol. The van der Waals surface area contributed by atoms with E-state index in [9.17, 15) is 0 Å². The minimum atomic E-state index is -0.569. The van der Waals surface area contributed by atoms with E-state index in [1.807, 2.05) is 0 Å². The second-order valence-electron chi connectivity index (χ2n) is 2.16. The molecule has 1 nitrogen and oxygen atoms in total. The Morgan fingerprint density at radius 1 is 1.56 bits per heavy atom. The number of halogens is 2. The lowest BCUT2D eigenvalue weighted by molar-refractivity contribution is 0.0832. The van der Waals surface area contributed by atoms with Crippen molar-refractivity contribution in [2.45, 2.75) is 25.9 Å². The van der Waals surface area contributed by atoms with Gasteiger partial charge in [0.05, 0.1) is 5.60 Å². The van der Waals surface area contributed by atoms with Gasteiger partial charge in [-0.3, -0.25) is 25.8 Å². The van der Waals surface area contributed by atoms with Gasteiger partial charge >= 0.3 is 16.0 Å². The standard InChI is InChI=1S/C5H11O.2BrH.Mg/c1-4-5(2,3)6;;;/h6H,1,4H2,2-3H3;2*1H;/q;;;+2/p-2. The maximum absolute atomic E-state index is 8.76. The van der Waals surface area contributed by atoms with Crippen molar-refractivity contribution in [2.24, 2.45) is 0 Å². The van der Waals surface area contributed by atoms with E-state index in [1.54, 1.807) is 13.8 Å². The van der Waals surface area contributed by atoms with Gasteiger partial charge in [0.2, 0.25) is 0 Å². The van der Waals surface area contributed by atoms with E-state index < -0.39 is 5.60 Å². The Balaban J connectivity index is 0. The Kier molecular flexibility index (Phi) is 11.5. The third-order valence-electron chi connectivity index (χ3n) is 0.612. The lowest BCUT2D eigenvalue weighted by Gasteiger charge is -2.11. The van der Waals surface area contributed by atoms with Crippen LogP contribution in [0.25, 0.3) is 0 Å². The van der Waals surface area contributed by atoms with Crippen LogP contribution in [0.1, 0.15) is 20.3 Å². The van der Waals surface area contributed by atoms with Crippen molar-refractivity contribution in [3.63, 3.8) is 0 Å². The van der Waals surface area contributed by atoms with Gasteiger partial charge in [-0.15, -0.1) is 0 Å². The molecule has 0 aromatic rings. The summed E-state index contributed by atoms with van der Waals surface area (Å²) in [6.45, 7) is 6.98. The SMILES string of the molecule is [Br][Mg][Br].[CH2]CC(C)(C)O. The molecule has 0 spiro atoms. The molecular formula is C5H11Br2MgO. The molecule has 0 unspecified atom stereocenters. The molecule has 0 saturated heterocycles. The summed E-state index contributed by atoms with van der Waals surface area (Å²) >= 11 is 6.44. The zero-order chi connectivity index (χ0) is 7.91. The maximum Gasteiger partial charge on any atom is 0.560 e. The van der Waals surface area contributed by atoms with Crippen molar-refractivity contribution in [3.05, 3.63) is 6.92 Å². The summed E-state index contributed by atoms with van der Waals surface area (Å²) in [6, 6.07) is 0. The van der Waals surface area contributed by atoms with Crippen molar-refractivity contribution >= 4 is 41.8 Å². The Morgan fingerprint density at radius 3 is 1.67 bits per heavy atom. The van der Waals surface area contributed by atoms with Crippen LogP contribution in [0.3, 0.4) is 0 Å². The van der Waals surface area contributed by atoms with E-state index in [0.717, 1.165) is 0 Å². The highest BCUT2D eigenvalue weighted by Crippen LogP contribution is 2.03. The largest absolute Gasteiger partial charge is 0.560 e. The number of hydrogen-bond donors (Lipinski definition) is 1. The second-order valence-corrected chi connectivity index (χ2v) is 10.2. The summed E-state index contributed by atoms with van der Waals surface area (Å²) in [6.07, 6.45) is 0.576. The molecule has 0 aromatic heterocycles. The summed E-state index contributed by atoms with van der Waals surface area (Å²) in [4.78, 5) is 0. The molecule has 0 aromatic carbocycles. The quantitative estimate of drug-likeness (QED) is 0.725. The highest BCUT2D eigenvalue weighted by atomic mass is 79.9. The topological polar surface area (TPSA) is 20.2 Å². The van der Waals surface area contributed by atoms with E-state index in [-0.39, 0.29) is 16.0 Å². The fourth-order valence-corrected chi connectivity index (χ4v) is 0. The Morgan fingerprint density at radius 2 is 1.67 bits per heavy atom. The van der Waals surface area contributed by atoms with Crippen molar-refractivity contribution in [1.82, 2.24) is 0 Å². The first-order valence-electron chi connectivity index (χ1n) is 2.61. The minimum absolute atomic E-state index is 0.0417. The van der Waals surface area contributed by atoms with Crippen LogP contribution in [-0.4, -0.2) is 26.7 Å². The number of hydrogen-bond acceptors (Lipinski definition) is 1. The van der Waals surface area contributed by atoms with Crippen LogP contribution in [0.2, 0.25) is 0 Å². The van der Waals surface area contributed by atoms with Crippen LogP contribution >= 0.6 is 25.8 Å². The minimum Gasteiger partial charge on any atom is -0.390 e. The molecule has 0 aliphatic rings. The molecule has 0 heterocycles. The zero-order valence-electron chi connectivity index (χ0n) is 5.82. The highest BCUT2D eigenvalue weighted by Gasteiger charge is 2.05. The number of aliphatic hydroxyl groups is 1. The predicted molar refractivity (Wildman–Crippen MR) is 49.9 cm³/mol. The molecule has 0 aliphatic heterocycles. The van der Waals surface area contributed by atoms with E-state index in [2.05, 4.69) is 32.7 Å². The smallest absolute Gasteiger partial charge is 0.390 e. The molecule has 0 aliphatic carbocycles. The molecule has 0 rings (SSSR count). The fourth-order valence-electron chi connectivity index (χ4n) is 0. The molecule has 1 radical (unpaired) electrons. The highest BCUT2D eigenvalue weighted by molar-refractivity contribution is 9.47. The Labute approximate surface area is 79.1 Å². The van der Waals surface area contributed by atoms with Crippen LogP contribution in [0.15, 0.2) is 0 Å². The first kappa shape index (κ1) is 13.3. The molecule has 9 heavy (non-hydrogen) atoms. The molecule has 1 N–H and O–H groups in total. The summed E-state index contributed by atoms with van der Waals surface area (Å²) in [5.41, 5.74) is -0.569. The molecule has 53 valence electrons. The summed E-state index contributed by atoms with van der Waals surface area (Å²) < 4.78 is 0. The molecular weight excluding hydrogens is 260 g/mol. The van der Waals surface area contributed by atoms with Crippen LogP contribution in [-0.2, 0) is 0 Å². The Hall–Kier alpha value is 1.69. The van der Waals surface area contributed by atoms with Gasteiger partial charge in [0.25, 0.3) is 0 Å². The van der Waals surface area contributed by atoms with Gasteiger partial charge in [0.1, 0.15) is 0 Å². The lowest BCUT2D eigenvalue weighted by atomic mass is 10.1. The van der Waals surface area contributed by atoms with Gasteiger partial charge in [0, 0.05) is 0 Å². The van der Waals surface area contributed by atoms with Gasteiger partial charge in [-0.05, 0) is 20.3 Å². The van der Waals surface area contributed by atoms with Gasteiger partial charge in [-0.1, -0.05) is 6.92 Å². The van der Waals surface area contributed by atoms with E-state index in [0.29, 0.717) is 6.42 Å². The normalized spacial score (nSPS) is 9.11. The average Bonchev–Trinajstić information content (AvgIpc) is 1.67. The van der Waals surface area contributed by atoms with Crippen LogP contribution in [0.4, 0.5) is 0 Å². The van der Waals surface area contributed by atoms with Gasteiger partial charge < -0.3 is 5.11 Å². The van der Waals surface area contributed by atoms with E-state index >= 15 is 0 Å². The van der Waals surface area contributed by atoms with Gasteiger partial charge in [-0.2, -0.15) is 0 Å². The molecule has 0 amide bonds. The number of rotatable bonds is 1. The van der Waals surface area contributed by atoms with Crippen molar-refractivity contribution in [3.8, 4) is 0 Å². The first-order chi connectivity index (χ1) is 3.97. The van der Waals surface area contributed by atoms with Crippen molar-refractivity contribution < 1.29 is 5.11 Å². The molecule has 0 saturated carbocycles. The monoisotopic (exact) mass is 269 g/mol. The molecule has 0 bridgehead atoms. The third-order valence-corrected chi connectivity index (χ3v) is 0.612. The molecule has 0 atom stereocenters. The van der Waals surface area contributed by atoms with E-state index in [4.69, 9.17) is 5.11 Å². The van der Waals surface area contributed by atoms with Crippen LogP contribution < -0.4 is 0 Å². The lowest BCUT2D eigenvalue weighted by Crippen LogP contribution is -2.15. The van der Waals surface area contributed by atoms with Crippen LogP contribution in [0, 0.1) is 6.92 Å². The molecule has 0 fully saturated rings. The summed E-state index contributed by atoms with van der Waals surface area (Å²) in [5, 5.41) is 8.76. The van der Waals surface area contributed by atoms with Gasteiger partial charge in [-0.25, -0.2) is 0 Å². The third kappa shape index (κ3) is 26.1. The second kappa shape index (κ2) is 7.79. The fraction of sp³-hybridized carbons (Fsp3) is 0.800.